The summed E-state index contributed by atoms with van der Waals surface area (Å²) in [4.78, 5) is 18.4. The molecular weight excluding hydrogens is 250 g/mol. The molecule has 110 valence electrons. The van der Waals surface area contributed by atoms with Gasteiger partial charge in [0.2, 0.25) is 0 Å². The van der Waals surface area contributed by atoms with Crippen molar-refractivity contribution in [3.05, 3.63) is 30.3 Å². The average molecular weight is 275 g/mol. The smallest absolute Gasteiger partial charge is 0.319 e. The molecule has 0 radical (unpaired) electrons. The largest absolute Gasteiger partial charge is 0.368 e. The van der Waals surface area contributed by atoms with Crippen LogP contribution in [0.4, 0.5) is 10.5 Å². The normalized spacial score (nSPS) is 15.3. The third-order valence-electron chi connectivity index (χ3n) is 3.85. The number of nitrogens with zero attached hydrogens (tertiary/aromatic N) is 3. The van der Waals surface area contributed by atoms with E-state index >= 15 is 0 Å². The third kappa shape index (κ3) is 3.65. The van der Waals surface area contributed by atoms with Crippen LogP contribution in [0.3, 0.4) is 0 Å². The molecule has 0 atom stereocenters. The van der Waals surface area contributed by atoms with Gasteiger partial charge in [-0.25, -0.2) is 4.79 Å². The molecule has 1 aliphatic rings. The topological polar surface area (TPSA) is 26.8 Å². The number of para-hydroxylation sites is 1. The molecule has 1 fully saturated rings. The second-order valence-electron chi connectivity index (χ2n) is 5.37. The lowest BCUT2D eigenvalue weighted by molar-refractivity contribution is 0.159. The van der Waals surface area contributed by atoms with Crippen LogP contribution in [0, 0.1) is 0 Å². The minimum atomic E-state index is 0.172. The zero-order chi connectivity index (χ0) is 14.4. The van der Waals surface area contributed by atoms with Crippen molar-refractivity contribution < 1.29 is 4.79 Å². The molecule has 0 saturated carbocycles. The predicted octanol–water partition coefficient (Wildman–Crippen LogP) is 2.66. The molecule has 1 aromatic rings. The van der Waals surface area contributed by atoms with E-state index in [4.69, 9.17) is 0 Å². The first-order valence-corrected chi connectivity index (χ1v) is 7.52. The van der Waals surface area contributed by atoms with E-state index < -0.39 is 0 Å². The molecule has 4 nitrogen and oxygen atoms in total. The Balaban J connectivity index is 1.83. The number of carbonyl (C=O) groups is 1. The number of piperazine rings is 1. The zero-order valence-electron chi connectivity index (χ0n) is 12.6. The van der Waals surface area contributed by atoms with E-state index in [2.05, 4.69) is 36.1 Å². The third-order valence-corrected chi connectivity index (χ3v) is 3.85. The summed E-state index contributed by atoms with van der Waals surface area (Å²) in [7, 11) is 1.90. The standard InChI is InChI=1S/C16H25N3O/c1-3-4-10-17(2)16(20)19-13-11-18(12-14-19)15-8-6-5-7-9-15/h5-9H,3-4,10-14H2,1-2H3. The SMILES string of the molecule is CCCCN(C)C(=O)N1CCN(c2ccccc2)CC1. The summed E-state index contributed by atoms with van der Waals surface area (Å²) < 4.78 is 0. The number of hydrogen-bond acceptors (Lipinski definition) is 2. The highest BCUT2D eigenvalue weighted by molar-refractivity contribution is 5.74. The molecule has 1 aliphatic heterocycles. The van der Waals surface area contributed by atoms with Gasteiger partial charge in [-0.1, -0.05) is 31.5 Å². The van der Waals surface area contributed by atoms with Crippen LogP contribution in [-0.2, 0) is 0 Å². The number of urea groups is 1. The zero-order valence-corrected chi connectivity index (χ0v) is 12.6. The van der Waals surface area contributed by atoms with Gasteiger partial charge in [0.25, 0.3) is 0 Å². The van der Waals surface area contributed by atoms with Gasteiger partial charge in [0.05, 0.1) is 0 Å². The number of unbranched alkanes of at least 4 members (excludes halogenated alkanes) is 1. The average Bonchev–Trinajstić information content (AvgIpc) is 2.53. The van der Waals surface area contributed by atoms with Crippen molar-refractivity contribution in [3.63, 3.8) is 0 Å². The van der Waals surface area contributed by atoms with Gasteiger partial charge in [0.1, 0.15) is 0 Å². The van der Waals surface area contributed by atoms with Crippen LogP contribution in [0.15, 0.2) is 30.3 Å². The molecule has 0 bridgehead atoms. The Labute approximate surface area is 122 Å². The maximum atomic E-state index is 12.3. The molecule has 0 aliphatic carbocycles. The van der Waals surface area contributed by atoms with Gasteiger partial charge in [-0.3, -0.25) is 0 Å². The number of amides is 2. The van der Waals surface area contributed by atoms with E-state index in [0.717, 1.165) is 45.6 Å². The van der Waals surface area contributed by atoms with E-state index in [1.165, 1.54) is 5.69 Å². The van der Waals surface area contributed by atoms with Crippen LogP contribution in [0.25, 0.3) is 0 Å². The lowest BCUT2D eigenvalue weighted by atomic mass is 10.2. The maximum Gasteiger partial charge on any atom is 0.319 e. The van der Waals surface area contributed by atoms with Crippen molar-refractivity contribution >= 4 is 11.7 Å². The Kier molecular flexibility index (Phi) is 5.27. The fraction of sp³-hybridized carbons (Fsp3) is 0.562. The molecule has 2 amide bonds. The Hall–Kier alpha value is -1.71. The Morgan fingerprint density at radius 1 is 1.15 bits per heavy atom. The molecular formula is C16H25N3O. The van der Waals surface area contributed by atoms with Crippen molar-refractivity contribution in [1.29, 1.82) is 0 Å². The summed E-state index contributed by atoms with van der Waals surface area (Å²) in [6, 6.07) is 10.6. The second-order valence-corrected chi connectivity index (χ2v) is 5.37. The summed E-state index contributed by atoms with van der Waals surface area (Å²) in [5, 5.41) is 0. The monoisotopic (exact) mass is 275 g/mol. The van der Waals surface area contributed by atoms with Crippen LogP contribution in [0.1, 0.15) is 19.8 Å². The summed E-state index contributed by atoms with van der Waals surface area (Å²) in [6.07, 6.45) is 2.20. The first-order valence-electron chi connectivity index (χ1n) is 7.52. The van der Waals surface area contributed by atoms with Gasteiger partial charge in [-0.05, 0) is 18.6 Å². The molecule has 0 spiro atoms. The maximum absolute atomic E-state index is 12.3. The van der Waals surface area contributed by atoms with E-state index in [1.807, 2.05) is 22.9 Å². The van der Waals surface area contributed by atoms with Crippen molar-refractivity contribution in [2.45, 2.75) is 19.8 Å². The van der Waals surface area contributed by atoms with E-state index in [-0.39, 0.29) is 6.03 Å². The molecule has 0 unspecified atom stereocenters. The van der Waals surface area contributed by atoms with Crippen molar-refractivity contribution in [3.8, 4) is 0 Å². The van der Waals surface area contributed by atoms with Gasteiger partial charge in [-0.15, -0.1) is 0 Å². The lowest BCUT2D eigenvalue weighted by Gasteiger charge is -2.37. The number of benzene rings is 1. The van der Waals surface area contributed by atoms with Gasteiger partial charge >= 0.3 is 6.03 Å². The number of carbonyl (C=O) groups excluding carboxylic acids is 1. The molecule has 1 saturated heterocycles. The number of anilines is 1. The number of hydrogen-bond donors (Lipinski definition) is 0. The fourth-order valence-electron chi connectivity index (χ4n) is 2.53. The summed E-state index contributed by atoms with van der Waals surface area (Å²) in [6.45, 7) is 6.45. The van der Waals surface area contributed by atoms with Crippen molar-refractivity contribution in [2.24, 2.45) is 0 Å². The molecule has 4 heteroatoms. The summed E-state index contributed by atoms with van der Waals surface area (Å²) in [5.41, 5.74) is 1.25. The van der Waals surface area contributed by atoms with Gasteiger partial charge < -0.3 is 14.7 Å². The van der Waals surface area contributed by atoms with Crippen molar-refractivity contribution in [1.82, 2.24) is 9.80 Å². The summed E-state index contributed by atoms with van der Waals surface area (Å²) in [5.74, 6) is 0. The molecule has 0 aromatic heterocycles. The van der Waals surface area contributed by atoms with Gasteiger partial charge in [-0.2, -0.15) is 0 Å². The molecule has 1 heterocycles. The van der Waals surface area contributed by atoms with Gasteiger partial charge in [0.15, 0.2) is 0 Å². The minimum Gasteiger partial charge on any atom is -0.368 e. The lowest BCUT2D eigenvalue weighted by Crippen LogP contribution is -2.52. The first kappa shape index (κ1) is 14.7. The highest BCUT2D eigenvalue weighted by Crippen LogP contribution is 2.16. The second kappa shape index (κ2) is 7.17. The quantitative estimate of drug-likeness (QED) is 0.844. The Morgan fingerprint density at radius 2 is 1.80 bits per heavy atom. The summed E-state index contributed by atoms with van der Waals surface area (Å²) >= 11 is 0. The van der Waals surface area contributed by atoms with E-state index in [1.54, 1.807) is 0 Å². The molecule has 0 N–H and O–H groups in total. The van der Waals surface area contributed by atoms with Crippen LogP contribution in [-0.4, -0.2) is 55.6 Å². The molecule has 20 heavy (non-hydrogen) atoms. The van der Waals surface area contributed by atoms with Crippen molar-refractivity contribution in [2.75, 3.05) is 44.7 Å². The Bertz CT molecular complexity index is 413. The molecule has 1 aromatic carbocycles. The first-order chi connectivity index (χ1) is 9.72. The minimum absolute atomic E-state index is 0.172. The number of rotatable bonds is 4. The van der Waals surface area contributed by atoms with Crippen LogP contribution >= 0.6 is 0 Å². The predicted molar refractivity (Wildman–Crippen MR) is 83.2 cm³/mol. The highest BCUT2D eigenvalue weighted by atomic mass is 16.2. The Morgan fingerprint density at radius 3 is 2.40 bits per heavy atom. The van der Waals surface area contributed by atoms with Crippen LogP contribution < -0.4 is 4.90 Å². The molecule has 2 rings (SSSR count). The van der Waals surface area contributed by atoms with E-state index in [0.29, 0.717) is 0 Å². The van der Waals surface area contributed by atoms with Crippen LogP contribution in [0.2, 0.25) is 0 Å². The highest BCUT2D eigenvalue weighted by Gasteiger charge is 2.23. The fourth-order valence-corrected chi connectivity index (χ4v) is 2.53. The van der Waals surface area contributed by atoms with Gasteiger partial charge in [0, 0.05) is 45.5 Å². The van der Waals surface area contributed by atoms with E-state index in [9.17, 15) is 4.79 Å². The van der Waals surface area contributed by atoms with Crippen LogP contribution in [0.5, 0.6) is 0 Å².